The highest BCUT2D eigenvalue weighted by atomic mass is 32.2. The number of hydrogen-bond donors (Lipinski definition) is 1. The number of hydrogen-bond acceptors (Lipinski definition) is 5. The first-order chi connectivity index (χ1) is 15.3. The second-order valence-electron chi connectivity index (χ2n) is 10.1. The van der Waals surface area contributed by atoms with E-state index in [0.717, 1.165) is 6.42 Å². The van der Waals surface area contributed by atoms with Gasteiger partial charge in [0, 0.05) is 6.61 Å². The highest BCUT2D eigenvalue weighted by Gasteiger charge is 2.43. The molecule has 0 aliphatic carbocycles. The van der Waals surface area contributed by atoms with Crippen molar-refractivity contribution in [1.82, 2.24) is 4.72 Å². The van der Waals surface area contributed by atoms with Crippen molar-refractivity contribution in [1.29, 1.82) is 0 Å². The fraction of sp³-hybridized carbons (Fsp3) is 0.500. The standard InChI is InChI=1S/C24H34FNO5SSi/c1-23(2,3)33(4,5)30-18-24(15-6-16-29-17-24)26-32(27,28)22-13-11-21(12-14-22)31-20-9-7-19(25)8-10-20/h7-14,26H,6,15-18H2,1-5H3/t24-/m1/s1. The Kier molecular flexibility index (Phi) is 7.70. The highest BCUT2D eigenvalue weighted by Crippen LogP contribution is 2.37. The van der Waals surface area contributed by atoms with E-state index in [2.05, 4.69) is 38.6 Å². The van der Waals surface area contributed by atoms with Crippen molar-refractivity contribution >= 4 is 18.3 Å². The van der Waals surface area contributed by atoms with Crippen LogP contribution in [0, 0.1) is 5.82 Å². The first kappa shape index (κ1) is 25.8. The molecular formula is C24H34FNO5SSi. The first-order valence-electron chi connectivity index (χ1n) is 11.1. The zero-order valence-corrected chi connectivity index (χ0v) is 21.8. The predicted octanol–water partition coefficient (Wildman–Crippen LogP) is 5.47. The molecule has 1 fully saturated rings. The maximum absolute atomic E-state index is 13.2. The van der Waals surface area contributed by atoms with Crippen LogP contribution in [0.4, 0.5) is 4.39 Å². The van der Waals surface area contributed by atoms with Gasteiger partial charge in [0.25, 0.3) is 0 Å². The van der Waals surface area contributed by atoms with E-state index in [1.54, 1.807) is 12.1 Å². The number of halogens is 1. The van der Waals surface area contributed by atoms with Crippen molar-refractivity contribution in [2.24, 2.45) is 0 Å². The van der Waals surface area contributed by atoms with Crippen molar-refractivity contribution < 1.29 is 26.7 Å². The minimum atomic E-state index is -3.82. The largest absolute Gasteiger partial charge is 0.457 e. The molecule has 2 aromatic rings. The van der Waals surface area contributed by atoms with Gasteiger partial charge in [0.15, 0.2) is 8.32 Å². The van der Waals surface area contributed by atoms with Crippen LogP contribution in [-0.2, 0) is 19.2 Å². The minimum absolute atomic E-state index is 0.0168. The summed E-state index contributed by atoms with van der Waals surface area (Å²) in [6, 6.07) is 11.8. The van der Waals surface area contributed by atoms with Gasteiger partial charge in [-0.25, -0.2) is 17.5 Å². The van der Waals surface area contributed by atoms with Gasteiger partial charge in [-0.3, -0.25) is 0 Å². The van der Waals surface area contributed by atoms with Gasteiger partial charge >= 0.3 is 0 Å². The molecule has 0 saturated carbocycles. The number of nitrogens with one attached hydrogen (secondary N) is 1. The van der Waals surface area contributed by atoms with Crippen LogP contribution in [0.5, 0.6) is 11.5 Å². The van der Waals surface area contributed by atoms with Crippen LogP contribution in [0.1, 0.15) is 33.6 Å². The Morgan fingerprint density at radius 3 is 2.15 bits per heavy atom. The van der Waals surface area contributed by atoms with Crippen LogP contribution < -0.4 is 9.46 Å². The van der Waals surface area contributed by atoms with E-state index in [9.17, 15) is 12.8 Å². The van der Waals surface area contributed by atoms with E-state index in [0.29, 0.717) is 24.5 Å². The maximum Gasteiger partial charge on any atom is 0.241 e. The second-order valence-corrected chi connectivity index (χ2v) is 16.6. The van der Waals surface area contributed by atoms with Crippen molar-refractivity contribution in [2.45, 2.75) is 62.2 Å². The molecule has 1 heterocycles. The summed E-state index contributed by atoms with van der Waals surface area (Å²) in [6.45, 7) is 11.9. The summed E-state index contributed by atoms with van der Waals surface area (Å²) in [5, 5.41) is 0.0168. The summed E-state index contributed by atoms with van der Waals surface area (Å²) in [6.07, 6.45) is 1.40. The Morgan fingerprint density at radius 1 is 1.06 bits per heavy atom. The van der Waals surface area contributed by atoms with Gasteiger partial charge in [0.2, 0.25) is 10.0 Å². The number of benzene rings is 2. The molecule has 0 spiro atoms. The highest BCUT2D eigenvalue weighted by molar-refractivity contribution is 7.89. The molecule has 0 bridgehead atoms. The summed E-state index contributed by atoms with van der Waals surface area (Å²) in [5.41, 5.74) is -0.810. The quantitative estimate of drug-likeness (QED) is 0.492. The molecule has 33 heavy (non-hydrogen) atoms. The van der Waals surface area contributed by atoms with Crippen molar-refractivity contribution in [3.8, 4) is 11.5 Å². The number of rotatable bonds is 8. The molecule has 1 saturated heterocycles. The lowest BCUT2D eigenvalue weighted by Gasteiger charge is -2.42. The third-order valence-electron chi connectivity index (χ3n) is 6.37. The van der Waals surface area contributed by atoms with E-state index in [1.165, 1.54) is 36.4 Å². The Hall–Kier alpha value is -1.78. The van der Waals surface area contributed by atoms with Gasteiger partial charge in [0.05, 0.1) is 23.6 Å². The SMILES string of the molecule is CC(C)(C)[Si](C)(C)OC[C@@]1(NS(=O)(=O)c2ccc(Oc3ccc(F)cc3)cc2)CCCOC1. The van der Waals surface area contributed by atoms with Crippen molar-refractivity contribution in [2.75, 3.05) is 19.8 Å². The van der Waals surface area contributed by atoms with Crippen LogP contribution in [0.25, 0.3) is 0 Å². The van der Waals surface area contributed by atoms with Crippen LogP contribution in [0.3, 0.4) is 0 Å². The molecule has 9 heteroatoms. The van der Waals surface area contributed by atoms with E-state index < -0.39 is 23.9 Å². The molecule has 6 nitrogen and oxygen atoms in total. The molecular weight excluding hydrogens is 461 g/mol. The van der Waals surface area contributed by atoms with Crippen LogP contribution in [-0.4, -0.2) is 42.1 Å². The first-order valence-corrected chi connectivity index (χ1v) is 15.5. The van der Waals surface area contributed by atoms with E-state index in [1.807, 2.05) is 0 Å². The number of ether oxygens (including phenoxy) is 2. The lowest BCUT2D eigenvalue weighted by molar-refractivity contribution is 0.00635. The summed E-state index contributed by atoms with van der Waals surface area (Å²) in [4.78, 5) is 0.131. The monoisotopic (exact) mass is 495 g/mol. The minimum Gasteiger partial charge on any atom is -0.457 e. The molecule has 182 valence electrons. The fourth-order valence-electron chi connectivity index (χ4n) is 3.28. The van der Waals surface area contributed by atoms with E-state index >= 15 is 0 Å². The molecule has 1 N–H and O–H groups in total. The van der Waals surface area contributed by atoms with Gasteiger partial charge in [-0.05, 0) is 79.5 Å². The Bertz CT molecular complexity index is 1030. The smallest absolute Gasteiger partial charge is 0.241 e. The molecule has 0 aromatic heterocycles. The summed E-state index contributed by atoms with van der Waals surface area (Å²) in [7, 11) is -5.89. The summed E-state index contributed by atoms with van der Waals surface area (Å²) >= 11 is 0. The Labute approximate surface area is 197 Å². The van der Waals surface area contributed by atoms with Gasteiger partial charge in [-0.1, -0.05) is 20.8 Å². The van der Waals surface area contributed by atoms with Gasteiger partial charge < -0.3 is 13.9 Å². The summed E-state index contributed by atoms with van der Waals surface area (Å²) in [5.74, 6) is 0.566. The average molecular weight is 496 g/mol. The van der Waals surface area contributed by atoms with E-state index in [-0.39, 0.29) is 29.0 Å². The molecule has 1 atom stereocenters. The average Bonchev–Trinajstić information content (AvgIpc) is 2.74. The zero-order valence-electron chi connectivity index (χ0n) is 20.0. The third kappa shape index (κ3) is 6.63. The molecule has 1 aliphatic rings. The predicted molar refractivity (Wildman–Crippen MR) is 129 cm³/mol. The molecule has 0 radical (unpaired) electrons. The van der Waals surface area contributed by atoms with Gasteiger partial charge in [-0.15, -0.1) is 0 Å². The molecule has 1 aliphatic heterocycles. The lowest BCUT2D eigenvalue weighted by Crippen LogP contribution is -2.59. The molecule has 3 rings (SSSR count). The van der Waals surface area contributed by atoms with Crippen molar-refractivity contribution in [3.63, 3.8) is 0 Å². The topological polar surface area (TPSA) is 73.9 Å². The maximum atomic E-state index is 13.2. The lowest BCUT2D eigenvalue weighted by atomic mass is 9.95. The fourth-order valence-corrected chi connectivity index (χ4v) is 5.75. The van der Waals surface area contributed by atoms with Gasteiger partial charge in [0.1, 0.15) is 17.3 Å². The van der Waals surface area contributed by atoms with Crippen molar-refractivity contribution in [3.05, 3.63) is 54.3 Å². The normalized spacial score (nSPS) is 19.9. The second kappa shape index (κ2) is 9.83. The summed E-state index contributed by atoms with van der Waals surface area (Å²) < 4.78 is 60.2. The molecule has 0 unspecified atom stereocenters. The zero-order chi connectivity index (χ0) is 24.3. The van der Waals surface area contributed by atoms with Crippen LogP contribution in [0.15, 0.2) is 53.4 Å². The van der Waals surface area contributed by atoms with E-state index in [4.69, 9.17) is 13.9 Å². The third-order valence-corrected chi connectivity index (χ3v) is 12.4. The van der Waals surface area contributed by atoms with Crippen LogP contribution in [0.2, 0.25) is 18.1 Å². The Morgan fingerprint density at radius 2 is 1.64 bits per heavy atom. The number of sulfonamides is 1. The molecule has 2 aromatic carbocycles. The van der Waals surface area contributed by atoms with Gasteiger partial charge in [-0.2, -0.15) is 0 Å². The Balaban J connectivity index is 1.74. The molecule has 0 amide bonds. The van der Waals surface area contributed by atoms with Crippen LogP contribution >= 0.6 is 0 Å².